The van der Waals surface area contributed by atoms with Crippen molar-refractivity contribution in [3.05, 3.63) is 41.2 Å². The van der Waals surface area contributed by atoms with Gasteiger partial charge in [-0.05, 0) is 59.5 Å². The van der Waals surface area contributed by atoms with Gasteiger partial charge >= 0.3 is 0 Å². The summed E-state index contributed by atoms with van der Waals surface area (Å²) in [5.74, 6) is -0.0529. The van der Waals surface area contributed by atoms with Crippen molar-refractivity contribution in [2.45, 2.75) is 33.7 Å². The van der Waals surface area contributed by atoms with Crippen LogP contribution in [0, 0.1) is 13.8 Å². The molecular weight excluding hydrogens is 358 g/mol. The third-order valence-corrected chi connectivity index (χ3v) is 5.47. The highest BCUT2D eigenvalue weighted by Crippen LogP contribution is 2.31. The standard InChI is InChI=1S/C20H27N5OS/c1-13(2)25-16(12-15(4)22-25)19(26)24(11-10-23(5)6)20-21-18-14(3)8-7-9-17(18)27-20/h7-9,12-13H,10-11H2,1-6H3. The Morgan fingerprint density at radius 2 is 1.96 bits per heavy atom. The van der Waals surface area contributed by atoms with E-state index in [4.69, 9.17) is 4.98 Å². The first-order chi connectivity index (χ1) is 12.8. The summed E-state index contributed by atoms with van der Waals surface area (Å²) in [4.78, 5) is 22.1. The molecule has 1 amide bonds. The molecule has 3 rings (SSSR count). The zero-order chi connectivity index (χ0) is 19.7. The van der Waals surface area contributed by atoms with Gasteiger partial charge in [-0.3, -0.25) is 14.4 Å². The molecule has 7 heteroatoms. The van der Waals surface area contributed by atoms with E-state index in [2.05, 4.69) is 29.1 Å². The largest absolute Gasteiger partial charge is 0.308 e. The lowest BCUT2D eigenvalue weighted by Gasteiger charge is -2.22. The number of aryl methyl sites for hydroxylation is 2. The van der Waals surface area contributed by atoms with E-state index >= 15 is 0 Å². The van der Waals surface area contributed by atoms with Gasteiger partial charge in [-0.1, -0.05) is 23.5 Å². The first-order valence-corrected chi connectivity index (χ1v) is 9.98. The van der Waals surface area contributed by atoms with Gasteiger partial charge in [0, 0.05) is 19.1 Å². The Kier molecular flexibility index (Phi) is 5.62. The second-order valence-corrected chi connectivity index (χ2v) is 8.40. The lowest BCUT2D eigenvalue weighted by molar-refractivity contribution is 0.0973. The lowest BCUT2D eigenvalue weighted by Crippen LogP contribution is -2.38. The molecule has 0 aliphatic carbocycles. The van der Waals surface area contributed by atoms with Crippen molar-refractivity contribution >= 4 is 32.6 Å². The highest BCUT2D eigenvalue weighted by atomic mass is 32.1. The molecule has 0 fully saturated rings. The van der Waals surface area contributed by atoms with Crippen molar-refractivity contribution in [3.63, 3.8) is 0 Å². The molecule has 2 heterocycles. The van der Waals surface area contributed by atoms with Crippen LogP contribution in [0.2, 0.25) is 0 Å². The number of anilines is 1. The molecule has 0 saturated heterocycles. The number of carbonyl (C=O) groups excluding carboxylic acids is 1. The highest BCUT2D eigenvalue weighted by Gasteiger charge is 2.26. The average molecular weight is 386 g/mol. The van der Waals surface area contributed by atoms with Crippen LogP contribution in [0.1, 0.15) is 41.6 Å². The van der Waals surface area contributed by atoms with Crippen molar-refractivity contribution in [2.24, 2.45) is 0 Å². The van der Waals surface area contributed by atoms with Crippen LogP contribution in [0.4, 0.5) is 5.13 Å². The number of likely N-dealkylation sites (N-methyl/N-ethyl adjacent to an activating group) is 1. The van der Waals surface area contributed by atoms with E-state index in [1.54, 1.807) is 20.9 Å². The maximum atomic E-state index is 13.5. The van der Waals surface area contributed by atoms with Crippen molar-refractivity contribution in [1.82, 2.24) is 19.7 Å². The van der Waals surface area contributed by atoms with E-state index in [9.17, 15) is 4.79 Å². The van der Waals surface area contributed by atoms with E-state index in [-0.39, 0.29) is 11.9 Å². The first kappa shape index (κ1) is 19.5. The molecule has 0 aliphatic rings. The van der Waals surface area contributed by atoms with Crippen molar-refractivity contribution < 1.29 is 4.79 Å². The predicted octanol–water partition coefficient (Wildman–Crippen LogP) is 3.90. The molecule has 27 heavy (non-hydrogen) atoms. The van der Waals surface area contributed by atoms with Gasteiger partial charge in [0.15, 0.2) is 5.13 Å². The molecule has 0 atom stereocenters. The fraction of sp³-hybridized carbons (Fsp3) is 0.450. The van der Waals surface area contributed by atoms with E-state index in [0.29, 0.717) is 12.2 Å². The number of nitrogens with zero attached hydrogens (tertiary/aromatic N) is 5. The highest BCUT2D eigenvalue weighted by molar-refractivity contribution is 7.22. The zero-order valence-electron chi connectivity index (χ0n) is 16.9. The summed E-state index contributed by atoms with van der Waals surface area (Å²) in [5.41, 5.74) is 3.55. The Morgan fingerprint density at radius 1 is 1.22 bits per heavy atom. The molecule has 0 N–H and O–H groups in total. The number of hydrogen-bond donors (Lipinski definition) is 0. The van der Waals surface area contributed by atoms with Crippen LogP contribution in [0.5, 0.6) is 0 Å². The molecular formula is C20H27N5OS. The van der Waals surface area contributed by atoms with E-state index < -0.39 is 0 Å². The number of carbonyl (C=O) groups is 1. The number of rotatable bonds is 6. The Morgan fingerprint density at radius 3 is 2.59 bits per heavy atom. The Balaban J connectivity index is 2.05. The second kappa shape index (κ2) is 7.78. The summed E-state index contributed by atoms with van der Waals surface area (Å²) >= 11 is 1.56. The molecule has 2 aromatic heterocycles. The van der Waals surface area contributed by atoms with E-state index in [1.165, 1.54) is 0 Å². The predicted molar refractivity (Wildman–Crippen MR) is 112 cm³/mol. The molecule has 6 nitrogen and oxygen atoms in total. The number of benzene rings is 1. The minimum atomic E-state index is -0.0529. The van der Waals surface area contributed by atoms with Crippen molar-refractivity contribution in [3.8, 4) is 0 Å². The number of hydrogen-bond acceptors (Lipinski definition) is 5. The van der Waals surface area contributed by atoms with Gasteiger partial charge in [0.2, 0.25) is 0 Å². The smallest absolute Gasteiger partial charge is 0.278 e. The SMILES string of the molecule is Cc1cc(C(=O)N(CCN(C)C)c2nc3c(C)cccc3s2)n(C(C)C)n1. The normalized spacial score (nSPS) is 11.7. The Bertz CT molecular complexity index is 957. The average Bonchev–Trinajstić information content (AvgIpc) is 3.19. The van der Waals surface area contributed by atoms with Crippen LogP contribution < -0.4 is 4.90 Å². The van der Waals surface area contributed by atoms with Gasteiger partial charge in [-0.15, -0.1) is 0 Å². The number of para-hydroxylation sites is 1. The summed E-state index contributed by atoms with van der Waals surface area (Å²) in [6, 6.07) is 8.12. The van der Waals surface area contributed by atoms with Crippen molar-refractivity contribution in [2.75, 3.05) is 32.1 Å². The van der Waals surface area contributed by atoms with Crippen molar-refractivity contribution in [1.29, 1.82) is 0 Å². The fourth-order valence-electron chi connectivity index (χ4n) is 2.98. The zero-order valence-corrected chi connectivity index (χ0v) is 17.7. The Labute approximate surface area is 164 Å². The molecule has 0 radical (unpaired) electrons. The summed E-state index contributed by atoms with van der Waals surface area (Å²) < 4.78 is 2.90. The van der Waals surface area contributed by atoms with Crippen LogP contribution in [-0.2, 0) is 0 Å². The molecule has 3 aromatic rings. The van der Waals surface area contributed by atoms with Gasteiger partial charge in [0.05, 0.1) is 15.9 Å². The Hall–Kier alpha value is -2.25. The quantitative estimate of drug-likeness (QED) is 0.646. The molecule has 0 aliphatic heterocycles. The van der Waals surface area contributed by atoms with E-state index in [1.807, 2.05) is 47.0 Å². The molecule has 0 saturated carbocycles. The van der Waals surface area contributed by atoms with E-state index in [0.717, 1.165) is 33.2 Å². The third-order valence-electron chi connectivity index (χ3n) is 4.42. The molecule has 0 bridgehead atoms. The maximum absolute atomic E-state index is 13.5. The second-order valence-electron chi connectivity index (χ2n) is 7.39. The summed E-state index contributed by atoms with van der Waals surface area (Å²) in [6.45, 7) is 9.38. The number of fused-ring (bicyclic) bond motifs is 1. The fourth-order valence-corrected chi connectivity index (χ4v) is 4.05. The number of thiazole rings is 1. The van der Waals surface area contributed by atoms with Gasteiger partial charge in [-0.25, -0.2) is 4.98 Å². The molecule has 144 valence electrons. The monoisotopic (exact) mass is 385 g/mol. The number of amides is 1. The minimum absolute atomic E-state index is 0.0529. The van der Waals surface area contributed by atoms with Crippen LogP contribution in [-0.4, -0.2) is 52.8 Å². The van der Waals surface area contributed by atoms with Crippen LogP contribution in [0.25, 0.3) is 10.2 Å². The maximum Gasteiger partial charge on any atom is 0.278 e. The number of aromatic nitrogens is 3. The topological polar surface area (TPSA) is 54.3 Å². The summed E-state index contributed by atoms with van der Waals surface area (Å²) in [7, 11) is 4.02. The molecule has 1 aromatic carbocycles. The van der Waals surface area contributed by atoms with Gasteiger partial charge in [0.1, 0.15) is 5.69 Å². The van der Waals surface area contributed by atoms with Crippen LogP contribution >= 0.6 is 11.3 Å². The lowest BCUT2D eigenvalue weighted by atomic mass is 10.2. The molecule has 0 unspecified atom stereocenters. The van der Waals surface area contributed by atoms with Crippen LogP contribution in [0.3, 0.4) is 0 Å². The van der Waals surface area contributed by atoms with Gasteiger partial charge in [-0.2, -0.15) is 5.10 Å². The molecule has 0 spiro atoms. The summed E-state index contributed by atoms with van der Waals surface area (Å²) in [5, 5.41) is 5.24. The van der Waals surface area contributed by atoms with Gasteiger partial charge < -0.3 is 4.90 Å². The third kappa shape index (κ3) is 4.04. The summed E-state index contributed by atoms with van der Waals surface area (Å²) in [6.07, 6.45) is 0. The van der Waals surface area contributed by atoms with Crippen LogP contribution in [0.15, 0.2) is 24.3 Å². The minimum Gasteiger partial charge on any atom is -0.308 e. The van der Waals surface area contributed by atoms with Gasteiger partial charge in [0.25, 0.3) is 5.91 Å². The first-order valence-electron chi connectivity index (χ1n) is 9.17.